The predicted molar refractivity (Wildman–Crippen MR) is 259 cm³/mol. The molecule has 0 N–H and O–H groups in total. The molecule has 2 aromatic heterocycles. The van der Waals surface area contributed by atoms with Gasteiger partial charge in [-0.25, -0.2) is 15.0 Å². The molecule has 11 rings (SSSR count). The molecule has 0 atom stereocenters. The third-order valence-electron chi connectivity index (χ3n) is 12.3. The normalized spacial score (nSPS) is 11.6. The molecular formula is C59H42N4. The van der Waals surface area contributed by atoms with Gasteiger partial charge in [-0.3, -0.25) is 0 Å². The number of fused-ring (bicyclic) bond motifs is 3. The maximum absolute atomic E-state index is 5.18. The first-order chi connectivity index (χ1) is 31.1. The maximum atomic E-state index is 5.18. The minimum absolute atomic E-state index is 0.608. The Hall–Kier alpha value is -8.21. The second kappa shape index (κ2) is 16.0. The van der Waals surface area contributed by atoms with Gasteiger partial charge in [-0.1, -0.05) is 200 Å². The topological polar surface area (TPSA) is 43.6 Å². The van der Waals surface area contributed by atoms with Crippen molar-refractivity contribution in [1.29, 1.82) is 0 Å². The van der Waals surface area contributed by atoms with Gasteiger partial charge in [0.1, 0.15) is 0 Å². The number of hydrogen-bond acceptors (Lipinski definition) is 3. The Balaban J connectivity index is 1.20. The van der Waals surface area contributed by atoms with Gasteiger partial charge in [-0.15, -0.1) is 0 Å². The minimum atomic E-state index is -0.620. The first-order valence-electron chi connectivity index (χ1n) is 21.4. The Morgan fingerprint density at radius 3 is 1.37 bits per heavy atom. The fourth-order valence-electron chi connectivity index (χ4n) is 9.37. The summed E-state index contributed by atoms with van der Waals surface area (Å²) in [6.07, 6.45) is 0. The molecule has 0 amide bonds. The van der Waals surface area contributed by atoms with E-state index in [0.717, 1.165) is 50.1 Å². The monoisotopic (exact) mass is 806 g/mol. The number of hydrogen-bond donors (Lipinski definition) is 0. The number of aromatic nitrogens is 4. The molecule has 0 aliphatic rings. The van der Waals surface area contributed by atoms with Gasteiger partial charge >= 0.3 is 0 Å². The van der Waals surface area contributed by atoms with E-state index in [1.807, 2.05) is 36.4 Å². The summed E-state index contributed by atoms with van der Waals surface area (Å²) < 4.78 is 2.42. The average molecular weight is 807 g/mol. The van der Waals surface area contributed by atoms with Gasteiger partial charge in [0, 0.05) is 33.0 Å². The smallest absolute Gasteiger partial charge is 0.164 e. The highest BCUT2D eigenvalue weighted by molar-refractivity contribution is 6.10. The molecule has 4 heteroatoms. The van der Waals surface area contributed by atoms with Crippen molar-refractivity contribution in [1.82, 2.24) is 19.5 Å². The Morgan fingerprint density at radius 1 is 0.333 bits per heavy atom. The van der Waals surface area contributed by atoms with Crippen molar-refractivity contribution >= 4 is 21.8 Å². The highest BCUT2D eigenvalue weighted by Gasteiger charge is 2.38. The number of aryl methyl sites for hydroxylation is 1. The molecule has 0 bridgehead atoms. The van der Waals surface area contributed by atoms with E-state index in [1.54, 1.807) is 0 Å². The maximum Gasteiger partial charge on any atom is 0.164 e. The largest absolute Gasteiger partial charge is 0.309 e. The summed E-state index contributed by atoms with van der Waals surface area (Å²) in [6.45, 7) is 2.16. The second-order valence-electron chi connectivity index (χ2n) is 16.1. The Morgan fingerprint density at radius 2 is 0.794 bits per heavy atom. The van der Waals surface area contributed by atoms with Gasteiger partial charge in [0.25, 0.3) is 0 Å². The molecule has 0 radical (unpaired) electrons. The molecule has 63 heavy (non-hydrogen) atoms. The van der Waals surface area contributed by atoms with E-state index in [9.17, 15) is 0 Å². The van der Waals surface area contributed by atoms with Crippen molar-refractivity contribution in [2.75, 3.05) is 0 Å². The molecule has 0 saturated heterocycles. The average Bonchev–Trinajstić information content (AvgIpc) is 3.68. The highest BCUT2D eigenvalue weighted by Crippen LogP contribution is 2.47. The van der Waals surface area contributed by atoms with Crippen LogP contribution in [0.4, 0.5) is 0 Å². The van der Waals surface area contributed by atoms with Crippen LogP contribution in [0.5, 0.6) is 0 Å². The Kier molecular flexibility index (Phi) is 9.59. The van der Waals surface area contributed by atoms with E-state index in [0.29, 0.717) is 17.5 Å². The fraction of sp³-hybridized carbons (Fsp3) is 0.0339. The van der Waals surface area contributed by atoms with E-state index < -0.39 is 5.41 Å². The van der Waals surface area contributed by atoms with E-state index in [-0.39, 0.29) is 0 Å². The van der Waals surface area contributed by atoms with Crippen LogP contribution in [0.1, 0.15) is 27.8 Å². The summed E-state index contributed by atoms with van der Waals surface area (Å²) in [4.78, 5) is 15.4. The van der Waals surface area contributed by atoms with Gasteiger partial charge in [0.05, 0.1) is 22.1 Å². The van der Waals surface area contributed by atoms with Crippen LogP contribution < -0.4 is 0 Å². The van der Waals surface area contributed by atoms with E-state index in [2.05, 4.69) is 212 Å². The minimum Gasteiger partial charge on any atom is -0.309 e. The third kappa shape index (κ3) is 6.70. The van der Waals surface area contributed by atoms with Crippen LogP contribution in [-0.4, -0.2) is 19.5 Å². The van der Waals surface area contributed by atoms with Crippen LogP contribution in [0.15, 0.2) is 237 Å². The predicted octanol–water partition coefficient (Wildman–Crippen LogP) is 14.3. The van der Waals surface area contributed by atoms with Crippen LogP contribution in [0.2, 0.25) is 0 Å². The molecule has 0 aliphatic heterocycles. The van der Waals surface area contributed by atoms with Crippen molar-refractivity contribution in [2.24, 2.45) is 0 Å². The zero-order valence-corrected chi connectivity index (χ0v) is 34.8. The van der Waals surface area contributed by atoms with Crippen LogP contribution in [0, 0.1) is 6.92 Å². The second-order valence-corrected chi connectivity index (χ2v) is 16.1. The molecule has 4 nitrogen and oxygen atoms in total. The van der Waals surface area contributed by atoms with Gasteiger partial charge < -0.3 is 4.57 Å². The molecular weight excluding hydrogens is 765 g/mol. The first-order valence-corrected chi connectivity index (χ1v) is 21.4. The quantitative estimate of drug-likeness (QED) is 0.136. The summed E-state index contributed by atoms with van der Waals surface area (Å²) in [7, 11) is 0. The van der Waals surface area contributed by atoms with E-state index in [4.69, 9.17) is 15.0 Å². The lowest BCUT2D eigenvalue weighted by Gasteiger charge is -2.37. The van der Waals surface area contributed by atoms with Crippen molar-refractivity contribution in [3.05, 3.63) is 264 Å². The number of nitrogens with zero attached hydrogens (tertiary/aromatic N) is 4. The summed E-state index contributed by atoms with van der Waals surface area (Å²) in [5.41, 5.74) is 13.6. The van der Waals surface area contributed by atoms with Gasteiger partial charge in [-0.05, 0) is 77.2 Å². The number of rotatable bonds is 9. The number of para-hydroxylation sites is 1. The lowest BCUT2D eigenvalue weighted by atomic mass is 9.65. The van der Waals surface area contributed by atoms with Crippen LogP contribution >= 0.6 is 0 Å². The molecule has 11 aromatic rings. The Labute approximate surface area is 367 Å². The fourth-order valence-corrected chi connectivity index (χ4v) is 9.37. The molecule has 2 heterocycles. The van der Waals surface area contributed by atoms with Crippen molar-refractivity contribution in [3.8, 4) is 51.0 Å². The molecule has 0 fully saturated rings. The van der Waals surface area contributed by atoms with E-state index >= 15 is 0 Å². The molecule has 298 valence electrons. The molecule has 0 spiro atoms. The third-order valence-corrected chi connectivity index (χ3v) is 12.3. The summed E-state index contributed by atoms with van der Waals surface area (Å²) in [5, 5.41) is 2.44. The van der Waals surface area contributed by atoms with Crippen molar-refractivity contribution in [3.63, 3.8) is 0 Å². The van der Waals surface area contributed by atoms with Gasteiger partial charge in [0.15, 0.2) is 17.5 Å². The zero-order valence-electron chi connectivity index (χ0n) is 34.8. The van der Waals surface area contributed by atoms with Crippen LogP contribution in [0.25, 0.3) is 72.8 Å². The summed E-state index contributed by atoms with van der Waals surface area (Å²) in [6, 6.07) is 84.4. The van der Waals surface area contributed by atoms with Gasteiger partial charge in [-0.2, -0.15) is 0 Å². The van der Waals surface area contributed by atoms with Crippen LogP contribution in [-0.2, 0) is 5.41 Å². The lowest BCUT2D eigenvalue weighted by Crippen LogP contribution is -2.31. The summed E-state index contributed by atoms with van der Waals surface area (Å²) >= 11 is 0. The molecule has 0 unspecified atom stereocenters. The van der Waals surface area contributed by atoms with Gasteiger partial charge in [0.2, 0.25) is 0 Å². The summed E-state index contributed by atoms with van der Waals surface area (Å²) in [5.74, 6) is 1.86. The van der Waals surface area contributed by atoms with E-state index in [1.165, 1.54) is 33.0 Å². The Bertz CT molecular complexity index is 3230. The first kappa shape index (κ1) is 37.8. The van der Waals surface area contributed by atoms with Crippen molar-refractivity contribution < 1.29 is 0 Å². The molecule has 9 aromatic carbocycles. The number of benzene rings is 9. The molecule has 0 saturated carbocycles. The zero-order chi connectivity index (χ0) is 42.2. The lowest BCUT2D eigenvalue weighted by molar-refractivity contribution is 0.745. The van der Waals surface area contributed by atoms with Crippen molar-refractivity contribution in [2.45, 2.75) is 12.3 Å². The standard InChI is InChI=1S/C59H42N4/c1-41-34-36-55-52(38-41)50-32-17-18-33-53(50)63(55)54-37-35-45(58-61-56(42-20-7-2-8-21-42)60-57(62-58)43-22-9-3-10-23-43)40-51(54)44-24-19-31-49(39-44)59(46-25-11-4-12-26-46,47-27-13-5-14-28-47)48-29-15-6-16-30-48/h2-40H,1H3. The highest BCUT2D eigenvalue weighted by atomic mass is 15.0. The van der Waals surface area contributed by atoms with Crippen LogP contribution in [0.3, 0.4) is 0 Å². The SMILES string of the molecule is Cc1ccc2c(c1)c1ccccc1n2-c1ccc(-c2nc(-c3ccccc3)nc(-c3ccccc3)n2)cc1-c1cccc(C(c2ccccc2)(c2ccccc2)c2ccccc2)c1. The molecule has 0 aliphatic carbocycles.